The van der Waals surface area contributed by atoms with Crippen molar-refractivity contribution in [3.8, 4) is 29.6 Å². The molecule has 0 unspecified atom stereocenters. The monoisotopic (exact) mass is 395 g/mol. The van der Waals surface area contributed by atoms with Gasteiger partial charge in [0.25, 0.3) is 0 Å². The number of carbonyl (C=O) groups excluding carboxylic acids is 1. The van der Waals surface area contributed by atoms with Gasteiger partial charge in [-0.15, -0.1) is 12.3 Å². The summed E-state index contributed by atoms with van der Waals surface area (Å²) < 4.78 is 42.0. The van der Waals surface area contributed by atoms with Crippen LogP contribution in [0.3, 0.4) is 0 Å². The fourth-order valence-corrected chi connectivity index (χ4v) is 2.18. The highest BCUT2D eigenvalue weighted by Crippen LogP contribution is 2.31. The number of halogens is 3. The van der Waals surface area contributed by atoms with Crippen LogP contribution in [0, 0.1) is 24.0 Å². The second-order valence-corrected chi connectivity index (χ2v) is 5.57. The van der Waals surface area contributed by atoms with Gasteiger partial charge in [-0.25, -0.2) is 13.6 Å². The van der Waals surface area contributed by atoms with E-state index in [0.29, 0.717) is 12.2 Å². The summed E-state index contributed by atoms with van der Waals surface area (Å²) in [4.78, 5) is 11.3. The van der Waals surface area contributed by atoms with E-state index >= 15 is 0 Å². The maximum Gasteiger partial charge on any atom is 0.407 e. The SMILES string of the molecule is C#CCCOC(=O)NCCOc1ccc(Oc2cc(F)cc(F)c2)cc1Cl. The summed E-state index contributed by atoms with van der Waals surface area (Å²) in [6.07, 6.45) is 4.80. The molecule has 0 aromatic heterocycles. The zero-order chi connectivity index (χ0) is 19.6. The van der Waals surface area contributed by atoms with Crippen molar-refractivity contribution in [2.45, 2.75) is 6.42 Å². The highest BCUT2D eigenvalue weighted by Gasteiger charge is 2.08. The lowest BCUT2D eigenvalue weighted by Crippen LogP contribution is -2.29. The van der Waals surface area contributed by atoms with E-state index in [-0.39, 0.29) is 36.3 Å². The van der Waals surface area contributed by atoms with Gasteiger partial charge in [0.15, 0.2) is 0 Å². The Balaban J connectivity index is 1.82. The second-order valence-electron chi connectivity index (χ2n) is 5.16. The number of hydrogen-bond donors (Lipinski definition) is 1. The van der Waals surface area contributed by atoms with Gasteiger partial charge in [0.2, 0.25) is 0 Å². The predicted octanol–water partition coefficient (Wildman–Crippen LogP) is 4.54. The standard InChI is InChI=1S/C19H16ClF2NO4/c1-2-3-7-26-19(24)23-6-8-25-18-5-4-15(12-17(18)20)27-16-10-13(21)9-14(22)11-16/h1,4-5,9-12H,3,6-8H2,(H,23,24). The van der Waals surface area contributed by atoms with Gasteiger partial charge in [0.1, 0.15) is 42.1 Å². The van der Waals surface area contributed by atoms with E-state index in [1.165, 1.54) is 12.1 Å². The summed E-state index contributed by atoms with van der Waals surface area (Å²) >= 11 is 6.10. The maximum absolute atomic E-state index is 13.2. The van der Waals surface area contributed by atoms with Crippen LogP contribution >= 0.6 is 11.6 Å². The molecule has 2 aromatic carbocycles. The minimum atomic E-state index is -0.749. The highest BCUT2D eigenvalue weighted by molar-refractivity contribution is 6.32. The van der Waals surface area contributed by atoms with Crippen molar-refractivity contribution in [2.24, 2.45) is 0 Å². The number of alkyl carbamates (subject to hydrolysis) is 1. The van der Waals surface area contributed by atoms with Crippen molar-refractivity contribution in [3.05, 3.63) is 53.1 Å². The molecule has 142 valence electrons. The van der Waals surface area contributed by atoms with Crippen LogP contribution < -0.4 is 14.8 Å². The van der Waals surface area contributed by atoms with E-state index < -0.39 is 17.7 Å². The molecular weight excluding hydrogens is 380 g/mol. The van der Waals surface area contributed by atoms with Crippen LogP contribution in [-0.2, 0) is 4.74 Å². The Bertz CT molecular complexity index is 819. The van der Waals surface area contributed by atoms with Crippen molar-refractivity contribution < 1.29 is 27.8 Å². The van der Waals surface area contributed by atoms with Gasteiger partial charge < -0.3 is 19.5 Å². The molecule has 0 fully saturated rings. The number of carbonyl (C=O) groups is 1. The van der Waals surface area contributed by atoms with Gasteiger partial charge in [-0.2, -0.15) is 0 Å². The average Bonchev–Trinajstić information content (AvgIpc) is 2.59. The van der Waals surface area contributed by atoms with Crippen molar-refractivity contribution in [1.82, 2.24) is 5.32 Å². The molecule has 0 aliphatic rings. The van der Waals surface area contributed by atoms with Crippen molar-refractivity contribution in [1.29, 1.82) is 0 Å². The lowest BCUT2D eigenvalue weighted by atomic mass is 10.3. The predicted molar refractivity (Wildman–Crippen MR) is 96.2 cm³/mol. The summed E-state index contributed by atoms with van der Waals surface area (Å²) in [5, 5.41) is 2.73. The van der Waals surface area contributed by atoms with Crippen molar-refractivity contribution >= 4 is 17.7 Å². The first-order chi connectivity index (χ1) is 13.0. The summed E-state index contributed by atoms with van der Waals surface area (Å²) in [5.41, 5.74) is 0. The Labute approximate surface area is 160 Å². The van der Waals surface area contributed by atoms with Crippen LogP contribution in [0.2, 0.25) is 5.02 Å². The Morgan fingerprint density at radius 3 is 2.52 bits per heavy atom. The van der Waals surface area contributed by atoms with E-state index in [0.717, 1.165) is 18.2 Å². The zero-order valence-corrected chi connectivity index (χ0v) is 14.9. The molecule has 0 aliphatic heterocycles. The first kappa shape index (κ1) is 20.3. The molecule has 1 N–H and O–H groups in total. The molecule has 8 heteroatoms. The van der Waals surface area contributed by atoms with E-state index in [1.54, 1.807) is 6.07 Å². The van der Waals surface area contributed by atoms with E-state index in [1.807, 2.05) is 0 Å². The average molecular weight is 396 g/mol. The first-order valence-electron chi connectivity index (χ1n) is 7.88. The number of ether oxygens (including phenoxy) is 3. The van der Waals surface area contributed by atoms with Crippen LogP contribution in [0.1, 0.15) is 6.42 Å². The third-order valence-corrected chi connectivity index (χ3v) is 3.38. The topological polar surface area (TPSA) is 56.8 Å². The van der Waals surface area contributed by atoms with Gasteiger partial charge in [-0.1, -0.05) is 11.6 Å². The molecule has 0 radical (unpaired) electrons. The van der Waals surface area contributed by atoms with Crippen molar-refractivity contribution in [3.63, 3.8) is 0 Å². The van der Waals surface area contributed by atoms with Gasteiger partial charge in [-0.05, 0) is 12.1 Å². The molecule has 2 aromatic rings. The molecule has 0 bridgehead atoms. The number of benzene rings is 2. The van der Waals surface area contributed by atoms with E-state index in [9.17, 15) is 13.6 Å². The molecule has 5 nitrogen and oxygen atoms in total. The minimum Gasteiger partial charge on any atom is -0.490 e. The molecule has 1 amide bonds. The maximum atomic E-state index is 13.2. The molecule has 0 atom stereocenters. The number of amides is 1. The van der Waals surface area contributed by atoms with Gasteiger partial charge in [-0.3, -0.25) is 0 Å². The third-order valence-electron chi connectivity index (χ3n) is 3.08. The lowest BCUT2D eigenvalue weighted by molar-refractivity contribution is 0.146. The summed E-state index contributed by atoms with van der Waals surface area (Å²) in [6.45, 7) is 0.497. The van der Waals surface area contributed by atoms with Gasteiger partial charge >= 0.3 is 6.09 Å². The molecule has 0 aliphatic carbocycles. The van der Waals surface area contributed by atoms with Crippen molar-refractivity contribution in [2.75, 3.05) is 19.8 Å². The Kier molecular flexibility index (Phi) is 7.71. The summed E-state index contributed by atoms with van der Waals surface area (Å²) in [6, 6.07) is 7.37. The minimum absolute atomic E-state index is 0.00443. The highest BCUT2D eigenvalue weighted by atomic mass is 35.5. The molecule has 0 spiro atoms. The summed E-state index contributed by atoms with van der Waals surface area (Å²) in [5.74, 6) is 1.50. The Morgan fingerprint density at radius 1 is 1.11 bits per heavy atom. The van der Waals surface area contributed by atoms with E-state index in [2.05, 4.69) is 11.2 Å². The molecule has 0 saturated heterocycles. The van der Waals surface area contributed by atoms with Crippen LogP contribution in [0.15, 0.2) is 36.4 Å². The number of rotatable bonds is 8. The fourth-order valence-electron chi connectivity index (χ4n) is 1.95. The number of hydrogen-bond acceptors (Lipinski definition) is 4. The van der Waals surface area contributed by atoms with E-state index in [4.69, 9.17) is 32.2 Å². The van der Waals surface area contributed by atoms with Gasteiger partial charge in [0, 0.05) is 30.7 Å². The molecule has 2 rings (SSSR count). The number of terminal acetylenes is 1. The quantitative estimate of drug-likeness (QED) is 0.526. The zero-order valence-electron chi connectivity index (χ0n) is 14.1. The smallest absolute Gasteiger partial charge is 0.407 e. The summed E-state index contributed by atoms with van der Waals surface area (Å²) in [7, 11) is 0. The second kappa shape index (κ2) is 10.2. The van der Waals surface area contributed by atoms with Gasteiger partial charge in [0.05, 0.1) is 11.6 Å². The van der Waals surface area contributed by atoms with Crippen LogP contribution in [-0.4, -0.2) is 25.9 Å². The normalized spacial score (nSPS) is 10.0. The van der Waals surface area contributed by atoms with Crippen LogP contribution in [0.25, 0.3) is 0 Å². The Morgan fingerprint density at radius 2 is 1.85 bits per heavy atom. The molecule has 27 heavy (non-hydrogen) atoms. The lowest BCUT2D eigenvalue weighted by Gasteiger charge is -2.11. The Hall–Kier alpha value is -2.98. The molecule has 0 heterocycles. The fraction of sp³-hybridized carbons (Fsp3) is 0.211. The number of nitrogens with one attached hydrogen (secondary N) is 1. The molecule has 0 saturated carbocycles. The first-order valence-corrected chi connectivity index (χ1v) is 8.26. The third kappa shape index (κ3) is 7.04. The molecular formula is C19H16ClF2NO4. The van der Waals surface area contributed by atoms with Crippen LogP contribution in [0.5, 0.6) is 17.2 Å². The largest absolute Gasteiger partial charge is 0.490 e. The van der Waals surface area contributed by atoms with Crippen LogP contribution in [0.4, 0.5) is 13.6 Å².